The molecule has 1 aliphatic rings. The standard InChI is InChI=1S/C21H21ClF3N7O2/c1-11(17-29-20(31(2)3)30-32(17)19-26-9-15(22)10-27-19)28-18(33)14-6-13(12-4-5-12)7-16(8-14)34-21(23,24)25/h6-12H,4-5H2,1-3H3,(H,28,33). The molecule has 1 fully saturated rings. The molecule has 0 spiro atoms. The number of anilines is 1. The van der Waals surface area contributed by atoms with E-state index in [0.29, 0.717) is 22.4 Å². The van der Waals surface area contributed by atoms with E-state index in [1.807, 2.05) is 0 Å². The maximum atomic E-state index is 13.0. The molecule has 34 heavy (non-hydrogen) atoms. The molecule has 1 aliphatic carbocycles. The lowest BCUT2D eigenvalue weighted by Gasteiger charge is -2.16. The quantitative estimate of drug-likeness (QED) is 0.528. The second-order valence-corrected chi connectivity index (χ2v) is 8.52. The largest absolute Gasteiger partial charge is 0.573 e. The van der Waals surface area contributed by atoms with E-state index in [4.69, 9.17) is 11.6 Å². The molecule has 0 bridgehead atoms. The average Bonchev–Trinajstić information content (AvgIpc) is 3.50. The van der Waals surface area contributed by atoms with Gasteiger partial charge >= 0.3 is 6.36 Å². The van der Waals surface area contributed by atoms with Crippen molar-refractivity contribution < 1.29 is 22.7 Å². The van der Waals surface area contributed by atoms with Crippen LogP contribution in [-0.4, -0.2) is 51.1 Å². The Morgan fingerprint density at radius 2 is 1.91 bits per heavy atom. The SMILES string of the molecule is CC(NC(=O)c1cc(OC(F)(F)F)cc(C2CC2)c1)c1nc(N(C)C)nn1-c1ncc(Cl)cn1. The molecule has 1 N–H and O–H groups in total. The van der Waals surface area contributed by atoms with Crippen molar-refractivity contribution in [2.24, 2.45) is 0 Å². The highest BCUT2D eigenvalue weighted by Crippen LogP contribution is 2.42. The van der Waals surface area contributed by atoms with Gasteiger partial charge in [-0.25, -0.2) is 9.97 Å². The first-order valence-electron chi connectivity index (χ1n) is 10.3. The molecule has 2 heterocycles. The van der Waals surface area contributed by atoms with Crippen molar-refractivity contribution >= 4 is 23.5 Å². The first-order valence-corrected chi connectivity index (χ1v) is 10.7. The van der Waals surface area contributed by atoms with Gasteiger partial charge in [0.15, 0.2) is 5.82 Å². The lowest BCUT2D eigenvalue weighted by molar-refractivity contribution is -0.274. The molecule has 0 aliphatic heterocycles. The molecule has 180 valence electrons. The highest BCUT2D eigenvalue weighted by molar-refractivity contribution is 6.30. The second-order valence-electron chi connectivity index (χ2n) is 8.09. The van der Waals surface area contributed by atoms with Crippen molar-refractivity contribution in [3.63, 3.8) is 0 Å². The van der Waals surface area contributed by atoms with Crippen molar-refractivity contribution in [2.75, 3.05) is 19.0 Å². The minimum absolute atomic E-state index is 0.0529. The molecule has 1 atom stereocenters. The van der Waals surface area contributed by atoms with Gasteiger partial charge in [-0.3, -0.25) is 4.79 Å². The van der Waals surface area contributed by atoms with Crippen molar-refractivity contribution in [2.45, 2.75) is 38.1 Å². The van der Waals surface area contributed by atoms with Crippen LogP contribution in [0.25, 0.3) is 5.95 Å². The number of amides is 1. The molecule has 1 unspecified atom stereocenters. The predicted octanol–water partition coefficient (Wildman–Crippen LogP) is 4.04. The van der Waals surface area contributed by atoms with Gasteiger partial charge < -0.3 is 15.0 Å². The summed E-state index contributed by atoms with van der Waals surface area (Å²) in [6, 6.07) is 3.29. The summed E-state index contributed by atoms with van der Waals surface area (Å²) >= 11 is 5.87. The lowest BCUT2D eigenvalue weighted by Crippen LogP contribution is -2.29. The Bertz CT molecular complexity index is 1190. The molecule has 13 heteroatoms. The molecule has 1 amide bonds. The highest BCUT2D eigenvalue weighted by Gasteiger charge is 2.33. The monoisotopic (exact) mass is 495 g/mol. The fourth-order valence-electron chi connectivity index (χ4n) is 3.29. The summed E-state index contributed by atoms with van der Waals surface area (Å²) in [6.45, 7) is 1.67. The van der Waals surface area contributed by atoms with Gasteiger partial charge in [-0.2, -0.15) is 9.67 Å². The summed E-state index contributed by atoms with van der Waals surface area (Å²) in [6.07, 6.45) is -0.353. The first kappa shape index (κ1) is 23.7. The Morgan fingerprint density at radius 3 is 2.50 bits per heavy atom. The van der Waals surface area contributed by atoms with Crippen molar-refractivity contribution in [1.82, 2.24) is 30.0 Å². The number of nitrogens with one attached hydrogen (secondary N) is 1. The van der Waals surface area contributed by atoms with E-state index in [2.05, 4.69) is 30.1 Å². The van der Waals surface area contributed by atoms with Gasteiger partial charge in [-0.15, -0.1) is 18.3 Å². The third-order valence-corrected chi connectivity index (χ3v) is 5.22. The van der Waals surface area contributed by atoms with Gasteiger partial charge in [-0.1, -0.05) is 11.6 Å². The van der Waals surface area contributed by atoms with Crippen molar-refractivity contribution in [1.29, 1.82) is 0 Å². The summed E-state index contributed by atoms with van der Waals surface area (Å²) in [7, 11) is 3.50. The Morgan fingerprint density at radius 1 is 1.24 bits per heavy atom. The van der Waals surface area contributed by atoms with Crippen LogP contribution in [0.4, 0.5) is 19.1 Å². The number of halogens is 4. The second kappa shape index (κ2) is 9.09. The van der Waals surface area contributed by atoms with E-state index in [1.165, 1.54) is 23.1 Å². The minimum atomic E-state index is -4.86. The Hall–Kier alpha value is -3.41. The number of ether oxygens (including phenoxy) is 1. The van der Waals surface area contributed by atoms with Crippen LogP contribution in [-0.2, 0) is 0 Å². The zero-order valence-corrected chi connectivity index (χ0v) is 19.2. The fourth-order valence-corrected chi connectivity index (χ4v) is 3.38. The van der Waals surface area contributed by atoms with Crippen LogP contribution in [0, 0.1) is 0 Å². The van der Waals surface area contributed by atoms with Gasteiger partial charge in [0, 0.05) is 19.7 Å². The first-order chi connectivity index (χ1) is 16.0. The normalized spacial score (nSPS) is 14.6. The Labute approximate surface area is 197 Å². The third kappa shape index (κ3) is 5.56. The molecule has 0 saturated heterocycles. The van der Waals surface area contributed by atoms with Crippen LogP contribution >= 0.6 is 11.6 Å². The van der Waals surface area contributed by atoms with E-state index in [1.54, 1.807) is 32.0 Å². The Kier molecular flexibility index (Phi) is 6.34. The smallest absolute Gasteiger partial charge is 0.406 e. The molecule has 1 aromatic carbocycles. The van der Waals surface area contributed by atoms with Crippen LogP contribution in [0.1, 0.15) is 53.5 Å². The number of alkyl halides is 3. The number of carbonyl (C=O) groups excluding carboxylic acids is 1. The number of carbonyl (C=O) groups is 1. The van der Waals surface area contributed by atoms with Gasteiger partial charge in [0.25, 0.3) is 11.9 Å². The molecule has 0 radical (unpaired) electrons. The highest BCUT2D eigenvalue weighted by atomic mass is 35.5. The molecule has 2 aromatic heterocycles. The van der Waals surface area contributed by atoms with Gasteiger partial charge in [0.05, 0.1) is 23.5 Å². The predicted molar refractivity (Wildman–Crippen MR) is 117 cm³/mol. The molecule has 9 nitrogen and oxygen atoms in total. The van der Waals surface area contributed by atoms with E-state index >= 15 is 0 Å². The average molecular weight is 496 g/mol. The fraction of sp³-hybridized carbons (Fsp3) is 0.381. The van der Waals surface area contributed by atoms with Crippen molar-refractivity contribution in [3.8, 4) is 11.7 Å². The van der Waals surface area contributed by atoms with Crippen molar-refractivity contribution in [3.05, 3.63) is 52.6 Å². The number of rotatable bonds is 7. The number of hydrogen-bond acceptors (Lipinski definition) is 7. The van der Waals surface area contributed by atoms with E-state index in [0.717, 1.165) is 18.9 Å². The minimum Gasteiger partial charge on any atom is -0.406 e. The van der Waals surface area contributed by atoms with Crippen LogP contribution in [0.3, 0.4) is 0 Å². The molecule has 4 rings (SSSR count). The summed E-state index contributed by atoms with van der Waals surface area (Å²) in [4.78, 5) is 27.4. The van der Waals surface area contributed by atoms with Crippen LogP contribution < -0.4 is 15.0 Å². The van der Waals surface area contributed by atoms with E-state index < -0.39 is 24.1 Å². The van der Waals surface area contributed by atoms with E-state index in [-0.39, 0.29) is 17.4 Å². The summed E-state index contributed by atoms with van der Waals surface area (Å²) < 4.78 is 43.8. The number of nitrogens with zero attached hydrogens (tertiary/aromatic N) is 6. The van der Waals surface area contributed by atoms with Gasteiger partial charge in [0.1, 0.15) is 5.75 Å². The number of aromatic nitrogens is 5. The maximum Gasteiger partial charge on any atom is 0.573 e. The molecule has 1 saturated carbocycles. The molecular formula is C21H21ClF3N7O2. The zero-order valence-electron chi connectivity index (χ0n) is 18.5. The zero-order chi connectivity index (χ0) is 24.6. The van der Waals surface area contributed by atoms with Crippen LogP contribution in [0.15, 0.2) is 30.6 Å². The summed E-state index contributed by atoms with van der Waals surface area (Å²) in [5.74, 6) is -0.0238. The molecular weight excluding hydrogens is 475 g/mol. The lowest BCUT2D eigenvalue weighted by atomic mass is 10.1. The number of hydrogen-bond donors (Lipinski definition) is 1. The topological polar surface area (TPSA) is 98.1 Å². The third-order valence-electron chi connectivity index (χ3n) is 5.03. The Balaban J connectivity index is 1.62. The van der Waals surface area contributed by atoms with Gasteiger partial charge in [-0.05, 0) is 49.4 Å². The number of benzene rings is 1. The summed E-state index contributed by atoms with van der Waals surface area (Å²) in [5.41, 5.74) is 0.685. The van der Waals surface area contributed by atoms with Crippen LogP contribution in [0.5, 0.6) is 5.75 Å². The van der Waals surface area contributed by atoms with Gasteiger partial charge in [0.2, 0.25) is 5.95 Å². The van der Waals surface area contributed by atoms with Crippen LogP contribution in [0.2, 0.25) is 5.02 Å². The molecule has 3 aromatic rings. The summed E-state index contributed by atoms with van der Waals surface area (Å²) in [5, 5.41) is 7.48. The van der Waals surface area contributed by atoms with E-state index in [9.17, 15) is 18.0 Å². The maximum absolute atomic E-state index is 13.0.